The second-order valence-corrected chi connectivity index (χ2v) is 6.64. The molecule has 8 heteroatoms. The van der Waals surface area contributed by atoms with Crippen LogP contribution in [0.2, 0.25) is 0 Å². The lowest BCUT2D eigenvalue weighted by Gasteiger charge is -2.36. The Labute approximate surface area is 166 Å². The van der Waals surface area contributed by atoms with Crippen LogP contribution in [0.4, 0.5) is 10.1 Å². The number of phenols is 2. The summed E-state index contributed by atoms with van der Waals surface area (Å²) in [6.45, 7) is 3.67. The molecule has 4 rings (SSSR count). The van der Waals surface area contributed by atoms with Crippen LogP contribution in [0.15, 0.2) is 51.7 Å². The van der Waals surface area contributed by atoms with E-state index in [9.17, 15) is 19.4 Å². The van der Waals surface area contributed by atoms with E-state index in [0.717, 1.165) is 37.4 Å². The Balaban J connectivity index is 0.00000225. The Morgan fingerprint density at radius 2 is 1.68 bits per heavy atom. The maximum Gasteiger partial charge on any atom is 0.336 e. The number of hydrogen-bond acceptors (Lipinski definition) is 6. The van der Waals surface area contributed by atoms with Gasteiger partial charge in [-0.05, 0) is 42.0 Å². The first-order valence-electron chi connectivity index (χ1n) is 8.72. The zero-order valence-electron chi connectivity index (χ0n) is 15.0. The van der Waals surface area contributed by atoms with E-state index in [4.69, 9.17) is 4.42 Å². The SMILES string of the molecule is Cl.O=c1cc(CN2CCN(c3ccc(F)cc3)CC2)c2ccc(O)c(O)c2o1. The number of halogens is 2. The molecule has 2 aromatic carbocycles. The average molecular weight is 407 g/mol. The van der Waals surface area contributed by atoms with Crippen molar-refractivity contribution in [3.63, 3.8) is 0 Å². The number of rotatable bonds is 3. The van der Waals surface area contributed by atoms with Gasteiger partial charge in [0.2, 0.25) is 5.75 Å². The zero-order chi connectivity index (χ0) is 19.0. The summed E-state index contributed by atoms with van der Waals surface area (Å²) in [6.07, 6.45) is 0. The molecule has 0 bridgehead atoms. The molecule has 28 heavy (non-hydrogen) atoms. The molecule has 3 aromatic rings. The minimum atomic E-state index is -0.566. The summed E-state index contributed by atoms with van der Waals surface area (Å²) in [5.41, 5.74) is 1.17. The maximum atomic E-state index is 13.1. The summed E-state index contributed by atoms with van der Waals surface area (Å²) in [5.74, 6) is -0.996. The number of benzene rings is 2. The largest absolute Gasteiger partial charge is 0.504 e. The van der Waals surface area contributed by atoms with Crippen LogP contribution in [0.5, 0.6) is 11.5 Å². The number of nitrogens with zero attached hydrogens (tertiary/aromatic N) is 2. The summed E-state index contributed by atoms with van der Waals surface area (Å²) in [4.78, 5) is 16.3. The third-order valence-corrected chi connectivity index (χ3v) is 4.91. The number of fused-ring (bicyclic) bond motifs is 1. The Morgan fingerprint density at radius 3 is 2.36 bits per heavy atom. The van der Waals surface area contributed by atoms with Crippen molar-refractivity contribution >= 4 is 29.1 Å². The van der Waals surface area contributed by atoms with Crippen LogP contribution in [0.3, 0.4) is 0 Å². The quantitative estimate of drug-likeness (QED) is 0.514. The van der Waals surface area contributed by atoms with Crippen molar-refractivity contribution in [1.29, 1.82) is 0 Å². The van der Waals surface area contributed by atoms with Crippen molar-refractivity contribution in [2.45, 2.75) is 6.54 Å². The molecule has 0 aliphatic carbocycles. The van der Waals surface area contributed by atoms with Crippen molar-refractivity contribution < 1.29 is 19.0 Å². The van der Waals surface area contributed by atoms with Gasteiger partial charge in [0.1, 0.15) is 5.82 Å². The first-order chi connectivity index (χ1) is 13.0. The highest BCUT2D eigenvalue weighted by molar-refractivity contribution is 5.87. The maximum absolute atomic E-state index is 13.1. The van der Waals surface area contributed by atoms with E-state index in [-0.39, 0.29) is 29.6 Å². The van der Waals surface area contributed by atoms with E-state index in [1.807, 2.05) is 0 Å². The third kappa shape index (κ3) is 3.90. The van der Waals surface area contributed by atoms with Crippen LogP contribution in [0, 0.1) is 5.82 Å². The third-order valence-electron chi connectivity index (χ3n) is 4.91. The van der Waals surface area contributed by atoms with Gasteiger partial charge < -0.3 is 19.5 Å². The van der Waals surface area contributed by atoms with Crippen molar-refractivity contribution in [2.75, 3.05) is 31.1 Å². The van der Waals surface area contributed by atoms with Gasteiger partial charge in [-0.3, -0.25) is 4.90 Å². The van der Waals surface area contributed by atoms with E-state index in [0.29, 0.717) is 11.9 Å². The molecule has 0 radical (unpaired) electrons. The molecule has 0 saturated carbocycles. The van der Waals surface area contributed by atoms with Crippen LogP contribution >= 0.6 is 12.4 Å². The monoisotopic (exact) mass is 406 g/mol. The molecule has 0 atom stereocenters. The van der Waals surface area contributed by atoms with Crippen molar-refractivity contribution in [2.24, 2.45) is 0 Å². The van der Waals surface area contributed by atoms with Gasteiger partial charge in [-0.1, -0.05) is 0 Å². The van der Waals surface area contributed by atoms with E-state index < -0.39 is 11.4 Å². The molecule has 2 N–H and O–H groups in total. The Bertz CT molecular complexity index is 1030. The molecule has 1 aliphatic heterocycles. The van der Waals surface area contributed by atoms with Gasteiger partial charge in [-0.15, -0.1) is 12.4 Å². The molecule has 1 aliphatic rings. The molecule has 1 aromatic heterocycles. The fourth-order valence-electron chi connectivity index (χ4n) is 3.45. The first kappa shape index (κ1) is 20.0. The lowest BCUT2D eigenvalue weighted by Crippen LogP contribution is -2.46. The van der Waals surface area contributed by atoms with Gasteiger partial charge in [0, 0.05) is 49.9 Å². The molecule has 0 unspecified atom stereocenters. The van der Waals surface area contributed by atoms with Gasteiger partial charge in [0.15, 0.2) is 11.3 Å². The average Bonchev–Trinajstić information content (AvgIpc) is 2.66. The summed E-state index contributed by atoms with van der Waals surface area (Å²) in [7, 11) is 0. The molecule has 0 spiro atoms. The van der Waals surface area contributed by atoms with E-state index in [1.165, 1.54) is 24.3 Å². The lowest BCUT2D eigenvalue weighted by molar-refractivity contribution is 0.250. The van der Waals surface area contributed by atoms with Crippen LogP contribution in [0.25, 0.3) is 11.0 Å². The van der Waals surface area contributed by atoms with Crippen LogP contribution in [-0.2, 0) is 6.54 Å². The minimum Gasteiger partial charge on any atom is -0.504 e. The zero-order valence-corrected chi connectivity index (χ0v) is 15.8. The summed E-state index contributed by atoms with van der Waals surface area (Å²) in [5, 5.41) is 20.2. The summed E-state index contributed by atoms with van der Waals surface area (Å²) >= 11 is 0. The fourth-order valence-corrected chi connectivity index (χ4v) is 3.45. The highest BCUT2D eigenvalue weighted by atomic mass is 35.5. The van der Waals surface area contributed by atoms with Crippen LogP contribution < -0.4 is 10.5 Å². The van der Waals surface area contributed by atoms with Gasteiger partial charge in [0.05, 0.1) is 0 Å². The standard InChI is InChI=1S/C20H19FN2O4.ClH/c21-14-1-3-15(4-2-14)23-9-7-22(8-10-23)12-13-11-18(25)27-20-16(13)5-6-17(24)19(20)26;/h1-6,11,24,26H,7-10,12H2;1H. The lowest BCUT2D eigenvalue weighted by atomic mass is 10.1. The normalized spacial score (nSPS) is 14.8. The number of piperazine rings is 1. The minimum absolute atomic E-state index is 0. The van der Waals surface area contributed by atoms with Crippen molar-refractivity contribution in [3.05, 3.63) is 64.3 Å². The Kier molecular flexibility index (Phi) is 5.76. The van der Waals surface area contributed by atoms with E-state index >= 15 is 0 Å². The Hall–Kier alpha value is -2.77. The number of anilines is 1. The number of hydrogen-bond donors (Lipinski definition) is 2. The topological polar surface area (TPSA) is 77.2 Å². The molecule has 6 nitrogen and oxygen atoms in total. The van der Waals surface area contributed by atoms with E-state index in [1.54, 1.807) is 18.2 Å². The molecular formula is C20H20ClFN2O4. The smallest absolute Gasteiger partial charge is 0.336 e. The molecule has 0 amide bonds. The van der Waals surface area contributed by atoms with Crippen LogP contribution in [0.1, 0.15) is 5.56 Å². The van der Waals surface area contributed by atoms with E-state index in [2.05, 4.69) is 9.80 Å². The highest BCUT2D eigenvalue weighted by Crippen LogP contribution is 2.34. The number of aromatic hydroxyl groups is 2. The molecule has 1 saturated heterocycles. The first-order valence-corrected chi connectivity index (χ1v) is 8.72. The predicted octanol–water partition coefficient (Wildman–Crippen LogP) is 3.09. The van der Waals surface area contributed by atoms with Gasteiger partial charge >= 0.3 is 5.63 Å². The molecule has 1 fully saturated rings. The summed E-state index contributed by atoms with van der Waals surface area (Å²) < 4.78 is 18.1. The molecule has 2 heterocycles. The molecule has 148 valence electrons. The van der Waals surface area contributed by atoms with Gasteiger partial charge in [-0.2, -0.15) is 0 Å². The summed E-state index contributed by atoms with van der Waals surface area (Å²) in [6, 6.07) is 10.9. The predicted molar refractivity (Wildman–Crippen MR) is 107 cm³/mol. The van der Waals surface area contributed by atoms with Crippen molar-refractivity contribution in [1.82, 2.24) is 4.90 Å². The number of phenolic OH excluding ortho intramolecular Hbond substituents is 2. The molecular weight excluding hydrogens is 387 g/mol. The second-order valence-electron chi connectivity index (χ2n) is 6.64. The van der Waals surface area contributed by atoms with Crippen LogP contribution in [-0.4, -0.2) is 41.3 Å². The highest BCUT2D eigenvalue weighted by Gasteiger charge is 2.20. The Morgan fingerprint density at radius 1 is 1.00 bits per heavy atom. The fraction of sp³-hybridized carbons (Fsp3) is 0.250. The van der Waals surface area contributed by atoms with Gasteiger partial charge in [-0.25, -0.2) is 9.18 Å². The van der Waals surface area contributed by atoms with Gasteiger partial charge in [0.25, 0.3) is 0 Å². The second kappa shape index (κ2) is 8.08. The van der Waals surface area contributed by atoms with Crippen molar-refractivity contribution in [3.8, 4) is 11.5 Å².